The van der Waals surface area contributed by atoms with Crippen molar-refractivity contribution < 1.29 is 13.2 Å². The third-order valence-electron chi connectivity index (χ3n) is 3.18. The second-order valence-corrected chi connectivity index (χ2v) is 5.19. The summed E-state index contributed by atoms with van der Waals surface area (Å²) >= 11 is 0. The minimum atomic E-state index is -4.47. The summed E-state index contributed by atoms with van der Waals surface area (Å²) in [5.74, 6) is 0.392. The van der Waals surface area contributed by atoms with Crippen LogP contribution >= 0.6 is 0 Å². The Morgan fingerprint density at radius 3 is 2.27 bits per heavy atom. The van der Waals surface area contributed by atoms with E-state index in [9.17, 15) is 13.2 Å². The molecule has 1 heterocycles. The van der Waals surface area contributed by atoms with E-state index in [1.54, 1.807) is 11.9 Å². The van der Waals surface area contributed by atoms with Gasteiger partial charge in [-0.3, -0.25) is 0 Å². The maximum atomic E-state index is 12.5. The van der Waals surface area contributed by atoms with Crippen LogP contribution in [0, 0.1) is 0 Å². The normalized spacial score (nSPS) is 11.4. The first kappa shape index (κ1) is 16.1. The minimum Gasteiger partial charge on any atom is -0.378 e. The van der Waals surface area contributed by atoms with E-state index in [-0.39, 0.29) is 0 Å². The zero-order chi connectivity index (χ0) is 16.3. The molecule has 2 aromatic rings. The van der Waals surface area contributed by atoms with Gasteiger partial charge in [-0.2, -0.15) is 13.2 Å². The molecule has 0 aliphatic heterocycles. The molecule has 22 heavy (non-hydrogen) atoms. The summed E-state index contributed by atoms with van der Waals surface area (Å²) in [6.07, 6.45) is -4.47. The summed E-state index contributed by atoms with van der Waals surface area (Å²) in [6.45, 7) is 0.529. The molecule has 0 N–H and O–H groups in total. The zero-order valence-electron chi connectivity index (χ0n) is 12.6. The van der Waals surface area contributed by atoms with Crippen molar-refractivity contribution >= 4 is 11.5 Å². The number of rotatable bonds is 4. The van der Waals surface area contributed by atoms with E-state index in [2.05, 4.69) is 10.2 Å². The Hall–Kier alpha value is -2.31. The van der Waals surface area contributed by atoms with Crippen LogP contribution in [0.25, 0.3) is 0 Å². The Balaban J connectivity index is 2.12. The molecule has 1 aromatic heterocycles. The number of hydrogen-bond donors (Lipinski definition) is 0. The summed E-state index contributed by atoms with van der Waals surface area (Å²) in [5.41, 5.74) is 1.11. The van der Waals surface area contributed by atoms with Gasteiger partial charge in [-0.1, -0.05) is 12.1 Å². The Morgan fingerprint density at radius 2 is 1.73 bits per heavy atom. The Kier molecular flexibility index (Phi) is 4.54. The van der Waals surface area contributed by atoms with Crippen molar-refractivity contribution in [2.45, 2.75) is 12.7 Å². The monoisotopic (exact) mass is 310 g/mol. The minimum absolute atomic E-state index is 0.392. The van der Waals surface area contributed by atoms with Gasteiger partial charge in [0.2, 0.25) is 0 Å². The number of aromatic nitrogens is 2. The average Bonchev–Trinajstić information content (AvgIpc) is 2.46. The quantitative estimate of drug-likeness (QED) is 0.868. The molecule has 0 amide bonds. The van der Waals surface area contributed by atoms with E-state index in [1.807, 2.05) is 43.3 Å². The van der Waals surface area contributed by atoms with Gasteiger partial charge in [0, 0.05) is 33.4 Å². The van der Waals surface area contributed by atoms with Gasteiger partial charge in [0.25, 0.3) is 0 Å². The van der Waals surface area contributed by atoms with Crippen molar-refractivity contribution in [3.8, 4) is 0 Å². The molecule has 0 aliphatic carbocycles. The Bertz CT molecular complexity index is 623. The molecule has 0 bridgehead atoms. The Labute approximate surface area is 127 Å². The van der Waals surface area contributed by atoms with Gasteiger partial charge >= 0.3 is 6.18 Å². The molecular weight excluding hydrogens is 293 g/mol. The molecule has 1 aromatic carbocycles. The van der Waals surface area contributed by atoms with Crippen LogP contribution in [-0.4, -0.2) is 31.3 Å². The highest BCUT2D eigenvalue weighted by Gasteiger charge is 2.32. The van der Waals surface area contributed by atoms with Crippen LogP contribution in [0.4, 0.5) is 24.7 Å². The predicted molar refractivity (Wildman–Crippen MR) is 79.9 cm³/mol. The van der Waals surface area contributed by atoms with Gasteiger partial charge in [-0.15, -0.1) is 10.2 Å². The fourth-order valence-electron chi connectivity index (χ4n) is 1.97. The zero-order valence-corrected chi connectivity index (χ0v) is 12.6. The van der Waals surface area contributed by atoms with Gasteiger partial charge < -0.3 is 9.80 Å². The highest BCUT2D eigenvalue weighted by molar-refractivity contribution is 5.48. The molecule has 0 spiro atoms. The summed E-state index contributed by atoms with van der Waals surface area (Å²) in [6, 6.07) is 10.2. The third kappa shape index (κ3) is 3.87. The number of benzene rings is 1. The molecular formula is C15H17F3N4. The van der Waals surface area contributed by atoms with Gasteiger partial charge in [0.1, 0.15) is 0 Å². The maximum Gasteiger partial charge on any atom is 0.435 e. The van der Waals surface area contributed by atoms with Crippen molar-refractivity contribution in [3.05, 3.63) is 47.7 Å². The first-order valence-electron chi connectivity index (χ1n) is 6.65. The summed E-state index contributed by atoms with van der Waals surface area (Å²) in [5, 5.41) is 6.88. The largest absolute Gasteiger partial charge is 0.435 e. The molecule has 0 aliphatic rings. The van der Waals surface area contributed by atoms with Gasteiger partial charge in [0.05, 0.1) is 0 Å². The van der Waals surface area contributed by atoms with Gasteiger partial charge in [-0.05, 0) is 29.8 Å². The summed E-state index contributed by atoms with van der Waals surface area (Å²) in [4.78, 5) is 3.74. The molecule has 0 saturated heterocycles. The Morgan fingerprint density at radius 1 is 1.00 bits per heavy atom. The number of anilines is 2. The van der Waals surface area contributed by atoms with Crippen LogP contribution in [0.2, 0.25) is 0 Å². The van der Waals surface area contributed by atoms with E-state index in [0.717, 1.165) is 17.3 Å². The second-order valence-electron chi connectivity index (χ2n) is 5.19. The maximum absolute atomic E-state index is 12.5. The van der Waals surface area contributed by atoms with Crippen molar-refractivity contribution in [1.29, 1.82) is 0 Å². The topological polar surface area (TPSA) is 32.3 Å². The van der Waals surface area contributed by atoms with E-state index in [4.69, 9.17) is 0 Å². The second kappa shape index (κ2) is 6.21. The molecule has 0 saturated carbocycles. The van der Waals surface area contributed by atoms with Crippen LogP contribution < -0.4 is 9.80 Å². The van der Waals surface area contributed by atoms with Gasteiger partial charge in [-0.25, -0.2) is 0 Å². The smallest absolute Gasteiger partial charge is 0.378 e. The van der Waals surface area contributed by atoms with E-state index in [1.165, 1.54) is 6.07 Å². The predicted octanol–water partition coefficient (Wildman–Crippen LogP) is 3.20. The van der Waals surface area contributed by atoms with Crippen molar-refractivity contribution in [2.75, 3.05) is 30.9 Å². The highest BCUT2D eigenvalue weighted by Crippen LogP contribution is 2.27. The van der Waals surface area contributed by atoms with E-state index in [0.29, 0.717) is 12.4 Å². The molecule has 0 radical (unpaired) electrons. The number of alkyl halides is 3. The summed E-state index contributed by atoms with van der Waals surface area (Å²) in [7, 11) is 5.66. The number of halogens is 3. The molecule has 0 atom stereocenters. The van der Waals surface area contributed by atoms with Crippen molar-refractivity contribution in [2.24, 2.45) is 0 Å². The van der Waals surface area contributed by atoms with Gasteiger partial charge in [0.15, 0.2) is 11.5 Å². The van der Waals surface area contributed by atoms with Crippen LogP contribution in [0.3, 0.4) is 0 Å². The average molecular weight is 310 g/mol. The highest BCUT2D eigenvalue weighted by atomic mass is 19.4. The molecule has 0 fully saturated rings. The molecule has 2 rings (SSSR count). The van der Waals surface area contributed by atoms with E-state index < -0.39 is 11.9 Å². The molecule has 118 valence electrons. The van der Waals surface area contributed by atoms with E-state index >= 15 is 0 Å². The standard InChI is InChI=1S/C15H17F3N4/c1-21(2)12-6-4-5-11(9-12)10-22(3)14-8-7-13(19-20-14)15(16,17)18/h4-9H,10H2,1-3H3. The van der Waals surface area contributed by atoms with Crippen LogP contribution in [0.5, 0.6) is 0 Å². The third-order valence-corrected chi connectivity index (χ3v) is 3.18. The lowest BCUT2D eigenvalue weighted by Gasteiger charge is -2.19. The number of hydrogen-bond acceptors (Lipinski definition) is 4. The fraction of sp³-hybridized carbons (Fsp3) is 0.333. The molecule has 7 heteroatoms. The first-order chi connectivity index (χ1) is 10.3. The summed E-state index contributed by atoms with van der Waals surface area (Å²) < 4.78 is 37.4. The van der Waals surface area contributed by atoms with Crippen LogP contribution in [0.15, 0.2) is 36.4 Å². The van der Waals surface area contributed by atoms with Crippen LogP contribution in [0.1, 0.15) is 11.3 Å². The van der Waals surface area contributed by atoms with Crippen molar-refractivity contribution in [3.63, 3.8) is 0 Å². The first-order valence-corrected chi connectivity index (χ1v) is 6.65. The number of nitrogens with zero attached hydrogens (tertiary/aromatic N) is 4. The lowest BCUT2D eigenvalue weighted by molar-refractivity contribution is -0.141. The lowest BCUT2D eigenvalue weighted by atomic mass is 10.2. The molecule has 4 nitrogen and oxygen atoms in total. The molecule has 0 unspecified atom stereocenters. The lowest BCUT2D eigenvalue weighted by Crippen LogP contribution is -2.19. The van der Waals surface area contributed by atoms with Crippen LogP contribution in [-0.2, 0) is 12.7 Å². The fourth-order valence-corrected chi connectivity index (χ4v) is 1.97. The van der Waals surface area contributed by atoms with Crippen molar-refractivity contribution in [1.82, 2.24) is 10.2 Å². The SMILES string of the molecule is CN(C)c1cccc(CN(C)c2ccc(C(F)(F)F)nn2)c1.